The van der Waals surface area contributed by atoms with E-state index in [1.54, 1.807) is 4.90 Å². The quantitative estimate of drug-likeness (QED) is 0.541. The Morgan fingerprint density at radius 2 is 1.96 bits per heavy atom. The summed E-state index contributed by atoms with van der Waals surface area (Å²) in [5, 5.41) is 0. The third kappa shape index (κ3) is 7.97. The van der Waals surface area contributed by atoms with Crippen LogP contribution in [0.3, 0.4) is 0 Å². The van der Waals surface area contributed by atoms with Gasteiger partial charge in [-0.05, 0) is 58.3 Å². The Labute approximate surface area is 170 Å². The lowest BCUT2D eigenvalue weighted by Crippen LogP contribution is -2.40. The average molecular weight is 399 g/mol. The maximum Gasteiger partial charge on any atom is 0.414 e. The van der Waals surface area contributed by atoms with Crippen LogP contribution in [0.25, 0.3) is 0 Å². The van der Waals surface area contributed by atoms with E-state index in [4.69, 9.17) is 9.47 Å². The van der Waals surface area contributed by atoms with Gasteiger partial charge in [-0.1, -0.05) is 25.8 Å². The van der Waals surface area contributed by atoms with Crippen LogP contribution in [-0.2, 0) is 4.74 Å². The average Bonchev–Trinajstić information content (AvgIpc) is 2.63. The summed E-state index contributed by atoms with van der Waals surface area (Å²) in [6.07, 6.45) is 5.52. The number of hydrogen-bond acceptors (Lipinski definition) is 4. The van der Waals surface area contributed by atoms with Gasteiger partial charge in [0.25, 0.3) is 0 Å². The van der Waals surface area contributed by atoms with Crippen molar-refractivity contribution in [3.05, 3.63) is 24.3 Å². The largest absolute Gasteiger partial charge is 0.494 e. The molecule has 1 aromatic carbocycles. The zero-order chi connectivity index (χ0) is 18.8. The highest BCUT2D eigenvalue weighted by Gasteiger charge is 2.21. The number of halogens is 1. The predicted octanol–water partition coefficient (Wildman–Crippen LogP) is 5.12. The summed E-state index contributed by atoms with van der Waals surface area (Å²) in [5.41, 5.74) is 0.816. The second-order valence-electron chi connectivity index (χ2n) is 7.00. The second-order valence-corrected chi connectivity index (χ2v) is 7.00. The first-order valence-corrected chi connectivity index (χ1v) is 10.1. The number of likely N-dealkylation sites (tertiary alicyclic amines) is 1. The number of hydrogen-bond donors (Lipinski definition) is 0. The van der Waals surface area contributed by atoms with E-state index < -0.39 is 0 Å². The van der Waals surface area contributed by atoms with Gasteiger partial charge in [-0.15, -0.1) is 12.4 Å². The van der Waals surface area contributed by atoms with E-state index in [2.05, 4.69) is 11.8 Å². The molecule has 5 nitrogen and oxygen atoms in total. The minimum atomic E-state index is -0.289. The Bertz CT molecular complexity index is 550. The van der Waals surface area contributed by atoms with E-state index in [0.717, 1.165) is 43.9 Å². The summed E-state index contributed by atoms with van der Waals surface area (Å²) < 4.78 is 11.5. The van der Waals surface area contributed by atoms with Crippen molar-refractivity contribution in [3.63, 3.8) is 0 Å². The van der Waals surface area contributed by atoms with E-state index in [-0.39, 0.29) is 24.6 Å². The third-order valence-corrected chi connectivity index (χ3v) is 4.70. The lowest BCUT2D eigenvalue weighted by atomic mass is 10.1. The van der Waals surface area contributed by atoms with Gasteiger partial charge in [0.15, 0.2) is 0 Å². The van der Waals surface area contributed by atoms with E-state index in [9.17, 15) is 4.79 Å². The van der Waals surface area contributed by atoms with Crippen molar-refractivity contribution >= 4 is 24.2 Å². The Balaban J connectivity index is 0.00000364. The molecule has 1 amide bonds. The number of rotatable bonds is 9. The molecule has 0 radical (unpaired) electrons. The van der Waals surface area contributed by atoms with Crippen molar-refractivity contribution in [1.82, 2.24) is 4.90 Å². The minimum Gasteiger partial charge on any atom is -0.494 e. The van der Waals surface area contributed by atoms with Gasteiger partial charge >= 0.3 is 6.09 Å². The summed E-state index contributed by atoms with van der Waals surface area (Å²) in [5.74, 6) is 0.795. The monoisotopic (exact) mass is 398 g/mol. The molecule has 0 aromatic heterocycles. The van der Waals surface area contributed by atoms with Crippen molar-refractivity contribution in [2.45, 2.75) is 59.0 Å². The molecule has 0 aliphatic carbocycles. The maximum atomic E-state index is 12.6. The molecule has 0 spiro atoms. The minimum absolute atomic E-state index is 0. The van der Waals surface area contributed by atoms with Gasteiger partial charge in [0.1, 0.15) is 11.9 Å². The van der Waals surface area contributed by atoms with Crippen LogP contribution in [0, 0.1) is 0 Å². The van der Waals surface area contributed by atoms with Crippen molar-refractivity contribution in [2.75, 3.05) is 37.7 Å². The molecular weight excluding hydrogens is 364 g/mol. The summed E-state index contributed by atoms with van der Waals surface area (Å²) in [7, 11) is 0. The van der Waals surface area contributed by atoms with Crippen LogP contribution in [0.1, 0.15) is 52.9 Å². The van der Waals surface area contributed by atoms with Gasteiger partial charge < -0.3 is 9.47 Å². The summed E-state index contributed by atoms with van der Waals surface area (Å²) in [4.78, 5) is 16.7. The number of ether oxygens (including phenoxy) is 2. The Morgan fingerprint density at radius 3 is 2.63 bits per heavy atom. The highest BCUT2D eigenvalue weighted by Crippen LogP contribution is 2.22. The molecule has 154 valence electrons. The molecule has 6 heteroatoms. The molecule has 1 aliphatic heterocycles. The van der Waals surface area contributed by atoms with Crippen LogP contribution >= 0.6 is 12.4 Å². The van der Waals surface area contributed by atoms with Gasteiger partial charge in [0, 0.05) is 19.2 Å². The number of unbranched alkanes of at least 4 members (excludes halogenated alkanes) is 1. The Kier molecular flexibility index (Phi) is 11.2. The molecule has 0 saturated carbocycles. The van der Waals surface area contributed by atoms with Gasteiger partial charge in [0.05, 0.1) is 12.3 Å². The molecule has 1 aliphatic rings. The molecular formula is C21H35ClN2O3. The zero-order valence-corrected chi connectivity index (χ0v) is 17.8. The Hall–Kier alpha value is -1.46. The maximum absolute atomic E-state index is 12.6. The molecule has 1 saturated heterocycles. The molecule has 0 N–H and O–H groups in total. The van der Waals surface area contributed by atoms with Crippen LogP contribution in [0.2, 0.25) is 0 Å². The fraction of sp³-hybridized carbons (Fsp3) is 0.667. The van der Waals surface area contributed by atoms with Crippen molar-refractivity contribution < 1.29 is 14.3 Å². The van der Waals surface area contributed by atoms with Crippen molar-refractivity contribution in [2.24, 2.45) is 0 Å². The predicted molar refractivity (Wildman–Crippen MR) is 113 cm³/mol. The first kappa shape index (κ1) is 23.6. The smallest absolute Gasteiger partial charge is 0.414 e. The highest BCUT2D eigenvalue weighted by molar-refractivity contribution is 5.87. The zero-order valence-electron chi connectivity index (χ0n) is 17.0. The molecule has 27 heavy (non-hydrogen) atoms. The van der Waals surface area contributed by atoms with E-state index in [0.29, 0.717) is 13.2 Å². The first-order valence-electron chi connectivity index (χ1n) is 10.1. The first-order chi connectivity index (χ1) is 12.6. The van der Waals surface area contributed by atoms with Crippen LogP contribution in [-0.4, -0.2) is 49.9 Å². The van der Waals surface area contributed by atoms with E-state index in [1.807, 2.05) is 38.1 Å². The number of benzene rings is 1. The molecule has 1 atom stereocenters. The van der Waals surface area contributed by atoms with Crippen LogP contribution in [0.5, 0.6) is 5.75 Å². The molecule has 2 rings (SSSR count). The van der Waals surface area contributed by atoms with Crippen molar-refractivity contribution in [3.8, 4) is 5.75 Å². The second kappa shape index (κ2) is 12.8. The number of anilines is 1. The van der Waals surface area contributed by atoms with E-state index in [1.165, 1.54) is 19.3 Å². The van der Waals surface area contributed by atoms with Gasteiger partial charge in [0.2, 0.25) is 0 Å². The molecule has 1 aromatic rings. The van der Waals surface area contributed by atoms with Crippen LogP contribution in [0.4, 0.5) is 10.5 Å². The molecule has 0 bridgehead atoms. The van der Waals surface area contributed by atoms with E-state index >= 15 is 0 Å². The van der Waals surface area contributed by atoms with Gasteiger partial charge in [-0.2, -0.15) is 0 Å². The molecule has 1 unspecified atom stereocenters. The molecule has 1 heterocycles. The third-order valence-electron chi connectivity index (χ3n) is 4.70. The number of carbonyl (C=O) groups excluding carboxylic acids is 1. The number of piperidine rings is 1. The van der Waals surface area contributed by atoms with Crippen molar-refractivity contribution in [1.29, 1.82) is 0 Å². The summed E-state index contributed by atoms with van der Waals surface area (Å²) >= 11 is 0. The number of amides is 1. The van der Waals surface area contributed by atoms with Crippen LogP contribution < -0.4 is 9.64 Å². The van der Waals surface area contributed by atoms with Gasteiger partial charge in [-0.25, -0.2) is 4.79 Å². The fourth-order valence-electron chi connectivity index (χ4n) is 3.27. The number of nitrogens with zero attached hydrogens (tertiary/aromatic N) is 2. The fourth-order valence-corrected chi connectivity index (χ4v) is 3.27. The van der Waals surface area contributed by atoms with Crippen LogP contribution in [0.15, 0.2) is 24.3 Å². The SMILES string of the molecule is CCCCOc1cccc(N(CC)C(=O)OC(C)CN2CCCCC2)c1.Cl. The summed E-state index contributed by atoms with van der Waals surface area (Å²) in [6, 6.07) is 7.68. The number of carbonyl (C=O) groups is 1. The highest BCUT2D eigenvalue weighted by atomic mass is 35.5. The molecule has 1 fully saturated rings. The standard InChI is InChI=1S/C21H34N2O3.ClH/c1-4-6-15-25-20-12-10-11-19(16-20)23(5-2)21(24)26-18(3)17-22-13-8-7-9-14-22;/h10-12,16,18H,4-9,13-15,17H2,1-3H3;1H. The summed E-state index contributed by atoms with van der Waals surface area (Å²) in [6.45, 7) is 10.4. The topological polar surface area (TPSA) is 42.0 Å². The lowest BCUT2D eigenvalue weighted by Gasteiger charge is -2.30. The normalized spacial score (nSPS) is 15.5. The lowest BCUT2D eigenvalue weighted by molar-refractivity contribution is 0.0788. The van der Waals surface area contributed by atoms with Gasteiger partial charge in [-0.3, -0.25) is 9.80 Å². The Morgan fingerprint density at radius 1 is 1.22 bits per heavy atom.